The van der Waals surface area contributed by atoms with Gasteiger partial charge in [0.2, 0.25) is 0 Å². The van der Waals surface area contributed by atoms with E-state index in [-0.39, 0.29) is 0 Å². The van der Waals surface area contributed by atoms with Gasteiger partial charge in [-0.05, 0) is 44.1 Å². The number of Topliss-reactive ketones (excluding diaryl/α,β-unsaturated/α-hetero) is 1. The lowest BCUT2D eigenvalue weighted by molar-refractivity contribution is -0.124. The molecule has 0 aliphatic heterocycles. The van der Waals surface area contributed by atoms with Crippen molar-refractivity contribution >= 4 is 5.78 Å². The number of carbonyl (C=O) groups excluding carboxylic acids is 1. The largest absolute Gasteiger partial charge is 0.330 e. The maximum Gasteiger partial charge on any atom is 0.135 e. The van der Waals surface area contributed by atoms with Crippen molar-refractivity contribution in [2.24, 2.45) is 23.5 Å². The van der Waals surface area contributed by atoms with Gasteiger partial charge in [-0.25, -0.2) is 0 Å². The van der Waals surface area contributed by atoms with Crippen molar-refractivity contribution in [1.82, 2.24) is 0 Å². The second-order valence-corrected chi connectivity index (χ2v) is 5.99. The first-order valence-corrected chi connectivity index (χ1v) is 7.93. The van der Waals surface area contributed by atoms with Crippen molar-refractivity contribution in [3.63, 3.8) is 0 Å². The van der Waals surface area contributed by atoms with Crippen LogP contribution in [0.25, 0.3) is 0 Å². The molecule has 106 valence electrons. The van der Waals surface area contributed by atoms with E-state index < -0.39 is 0 Å². The molecule has 0 spiro atoms. The molecule has 0 aromatic heterocycles. The maximum atomic E-state index is 12.3. The Morgan fingerprint density at radius 2 is 2.06 bits per heavy atom. The Hall–Kier alpha value is -0.370. The molecule has 2 heteroatoms. The van der Waals surface area contributed by atoms with Crippen LogP contribution in [0.15, 0.2) is 0 Å². The van der Waals surface area contributed by atoms with Gasteiger partial charge in [0.05, 0.1) is 0 Å². The van der Waals surface area contributed by atoms with Crippen molar-refractivity contribution < 1.29 is 4.79 Å². The van der Waals surface area contributed by atoms with Crippen LogP contribution in [0.1, 0.15) is 71.6 Å². The van der Waals surface area contributed by atoms with E-state index in [9.17, 15) is 4.79 Å². The van der Waals surface area contributed by atoms with E-state index in [1.807, 2.05) is 0 Å². The predicted molar refractivity (Wildman–Crippen MR) is 77.4 cm³/mol. The smallest absolute Gasteiger partial charge is 0.135 e. The van der Waals surface area contributed by atoms with Gasteiger partial charge in [0.1, 0.15) is 5.78 Å². The summed E-state index contributed by atoms with van der Waals surface area (Å²) >= 11 is 0. The third-order valence-corrected chi connectivity index (χ3v) is 4.77. The van der Waals surface area contributed by atoms with Gasteiger partial charge >= 0.3 is 0 Å². The summed E-state index contributed by atoms with van der Waals surface area (Å²) in [5, 5.41) is 0. The second-order valence-electron chi connectivity index (χ2n) is 5.99. The Balaban J connectivity index is 2.31. The monoisotopic (exact) mass is 253 g/mol. The molecule has 2 N–H and O–H groups in total. The summed E-state index contributed by atoms with van der Waals surface area (Å²) in [4.78, 5) is 12.3. The molecular weight excluding hydrogens is 222 g/mol. The van der Waals surface area contributed by atoms with Gasteiger partial charge in [-0.15, -0.1) is 0 Å². The fourth-order valence-corrected chi connectivity index (χ4v) is 3.29. The number of ketones is 1. The first-order chi connectivity index (χ1) is 8.71. The summed E-state index contributed by atoms with van der Waals surface area (Å²) in [6, 6.07) is 0. The molecule has 1 aliphatic carbocycles. The van der Waals surface area contributed by atoms with E-state index in [0.717, 1.165) is 51.0 Å². The Morgan fingerprint density at radius 3 is 2.67 bits per heavy atom. The minimum atomic E-state index is 0.374. The Morgan fingerprint density at radius 1 is 1.28 bits per heavy atom. The van der Waals surface area contributed by atoms with Crippen molar-refractivity contribution in [3.05, 3.63) is 0 Å². The normalized spacial score (nSPS) is 25.9. The summed E-state index contributed by atoms with van der Waals surface area (Å²) in [6.07, 6.45) is 10.2. The number of rotatable bonds is 8. The van der Waals surface area contributed by atoms with Crippen molar-refractivity contribution in [2.75, 3.05) is 6.54 Å². The number of hydrogen-bond donors (Lipinski definition) is 1. The molecule has 2 nitrogen and oxygen atoms in total. The fourth-order valence-electron chi connectivity index (χ4n) is 3.29. The second kappa shape index (κ2) is 8.68. The molecule has 0 heterocycles. The third-order valence-electron chi connectivity index (χ3n) is 4.77. The highest BCUT2D eigenvalue weighted by atomic mass is 16.1. The lowest BCUT2D eigenvalue weighted by Crippen LogP contribution is -2.23. The first kappa shape index (κ1) is 15.7. The fraction of sp³-hybridized carbons (Fsp3) is 0.938. The Labute approximate surface area is 113 Å². The van der Waals surface area contributed by atoms with Gasteiger partial charge in [0.25, 0.3) is 0 Å². The van der Waals surface area contributed by atoms with Crippen LogP contribution in [0.3, 0.4) is 0 Å². The van der Waals surface area contributed by atoms with E-state index >= 15 is 0 Å². The lowest BCUT2D eigenvalue weighted by Gasteiger charge is -2.27. The van der Waals surface area contributed by atoms with Gasteiger partial charge in [-0.2, -0.15) is 0 Å². The van der Waals surface area contributed by atoms with Gasteiger partial charge < -0.3 is 5.73 Å². The number of carbonyl (C=O) groups is 1. The molecule has 18 heavy (non-hydrogen) atoms. The zero-order chi connectivity index (χ0) is 13.4. The minimum absolute atomic E-state index is 0.374. The molecule has 0 aromatic rings. The SMILES string of the molecule is CCC(CCN)CCC(=O)C1CCCC(CC)C1. The van der Waals surface area contributed by atoms with Crippen LogP contribution in [0.4, 0.5) is 0 Å². The molecule has 1 rings (SSSR count). The average molecular weight is 253 g/mol. The highest BCUT2D eigenvalue weighted by molar-refractivity contribution is 5.81. The van der Waals surface area contributed by atoms with Crippen molar-refractivity contribution in [3.8, 4) is 0 Å². The van der Waals surface area contributed by atoms with Crippen LogP contribution >= 0.6 is 0 Å². The molecule has 0 radical (unpaired) electrons. The van der Waals surface area contributed by atoms with E-state index in [4.69, 9.17) is 5.73 Å². The van der Waals surface area contributed by atoms with Crippen molar-refractivity contribution in [1.29, 1.82) is 0 Å². The number of nitrogens with two attached hydrogens (primary N) is 1. The summed E-state index contributed by atoms with van der Waals surface area (Å²) in [5.74, 6) is 2.37. The van der Waals surface area contributed by atoms with Crippen LogP contribution in [-0.2, 0) is 4.79 Å². The van der Waals surface area contributed by atoms with E-state index in [1.54, 1.807) is 0 Å². The molecule has 3 unspecified atom stereocenters. The quantitative estimate of drug-likeness (QED) is 0.712. The van der Waals surface area contributed by atoms with Crippen LogP contribution < -0.4 is 5.73 Å². The molecule has 0 aromatic carbocycles. The highest BCUT2D eigenvalue weighted by Gasteiger charge is 2.26. The van der Waals surface area contributed by atoms with Crippen LogP contribution in [0.5, 0.6) is 0 Å². The molecule has 0 amide bonds. The van der Waals surface area contributed by atoms with Gasteiger partial charge in [-0.3, -0.25) is 4.79 Å². The predicted octanol–water partition coefficient (Wildman–Crippen LogP) is 3.93. The molecule has 0 saturated heterocycles. The molecular formula is C16H31NO. The van der Waals surface area contributed by atoms with Crippen molar-refractivity contribution in [2.45, 2.75) is 71.6 Å². The topological polar surface area (TPSA) is 43.1 Å². The van der Waals surface area contributed by atoms with Crippen LogP contribution in [0, 0.1) is 17.8 Å². The maximum absolute atomic E-state index is 12.3. The minimum Gasteiger partial charge on any atom is -0.330 e. The standard InChI is InChI=1S/C16H31NO/c1-3-13(10-11-17)8-9-16(18)15-7-5-6-14(4-2)12-15/h13-15H,3-12,17H2,1-2H3. The van der Waals surface area contributed by atoms with E-state index in [2.05, 4.69) is 13.8 Å². The Bertz CT molecular complexity index is 239. The molecule has 1 saturated carbocycles. The first-order valence-electron chi connectivity index (χ1n) is 7.93. The molecule has 0 bridgehead atoms. The van der Waals surface area contributed by atoms with E-state index in [0.29, 0.717) is 17.6 Å². The van der Waals surface area contributed by atoms with Gasteiger partial charge in [-0.1, -0.05) is 39.5 Å². The summed E-state index contributed by atoms with van der Waals surface area (Å²) in [7, 11) is 0. The van der Waals surface area contributed by atoms with Gasteiger partial charge in [0, 0.05) is 12.3 Å². The summed E-state index contributed by atoms with van der Waals surface area (Å²) in [6.45, 7) is 5.22. The third kappa shape index (κ3) is 5.09. The molecule has 1 aliphatic rings. The average Bonchev–Trinajstić information content (AvgIpc) is 2.43. The van der Waals surface area contributed by atoms with Gasteiger partial charge in [0.15, 0.2) is 0 Å². The molecule has 1 fully saturated rings. The molecule has 3 atom stereocenters. The van der Waals surface area contributed by atoms with Crippen LogP contribution in [-0.4, -0.2) is 12.3 Å². The zero-order valence-corrected chi connectivity index (χ0v) is 12.3. The lowest BCUT2D eigenvalue weighted by atomic mass is 9.77. The highest BCUT2D eigenvalue weighted by Crippen LogP contribution is 2.32. The van der Waals surface area contributed by atoms with Crippen LogP contribution in [0.2, 0.25) is 0 Å². The number of hydrogen-bond acceptors (Lipinski definition) is 2. The zero-order valence-electron chi connectivity index (χ0n) is 12.3. The van der Waals surface area contributed by atoms with E-state index in [1.165, 1.54) is 19.3 Å². The summed E-state index contributed by atoms with van der Waals surface area (Å²) < 4.78 is 0. The summed E-state index contributed by atoms with van der Waals surface area (Å²) in [5.41, 5.74) is 5.61. The Kier molecular flexibility index (Phi) is 7.57.